The van der Waals surface area contributed by atoms with Crippen molar-refractivity contribution >= 4 is 0 Å². The molecule has 0 amide bonds. The van der Waals surface area contributed by atoms with Gasteiger partial charge in [-0.15, -0.1) is 0 Å². The Morgan fingerprint density at radius 1 is 0.727 bits per heavy atom. The van der Waals surface area contributed by atoms with E-state index in [0.717, 1.165) is 38.9 Å². The van der Waals surface area contributed by atoms with Crippen LogP contribution in [0.5, 0.6) is 0 Å². The number of benzene rings is 2. The maximum Gasteiger partial charge on any atom is 0.0621 e. The topological polar surface area (TPSA) is 27.0 Å². The molecule has 0 aliphatic carbocycles. The molecule has 0 radical (unpaired) electrons. The van der Waals surface area contributed by atoms with E-state index in [1.807, 2.05) is 0 Å². The maximum absolute atomic E-state index is 8.60. The minimum atomic E-state index is 0.678. The number of nitriles is 1. The number of hydrogen-bond donors (Lipinski definition) is 0. The lowest BCUT2D eigenvalue weighted by atomic mass is 10.1. The zero-order valence-electron chi connectivity index (χ0n) is 13.1. The van der Waals surface area contributed by atoms with Crippen molar-refractivity contribution in [2.24, 2.45) is 0 Å². The van der Waals surface area contributed by atoms with E-state index in [4.69, 9.17) is 5.26 Å². The minimum absolute atomic E-state index is 0.678. The quantitative estimate of drug-likeness (QED) is 0.622. The van der Waals surface area contributed by atoms with Crippen molar-refractivity contribution in [3.05, 3.63) is 71.8 Å². The number of hydrogen-bond acceptors (Lipinski definition) is 2. The van der Waals surface area contributed by atoms with Gasteiger partial charge in [0.2, 0.25) is 0 Å². The Morgan fingerprint density at radius 3 is 1.77 bits per heavy atom. The largest absolute Gasteiger partial charge is 0.295 e. The Kier molecular flexibility index (Phi) is 7.21. The van der Waals surface area contributed by atoms with E-state index in [1.165, 1.54) is 11.1 Å². The molecule has 0 saturated carbocycles. The Hall–Kier alpha value is -2.11. The van der Waals surface area contributed by atoms with Gasteiger partial charge in [-0.1, -0.05) is 67.1 Å². The number of rotatable bonds is 9. The van der Waals surface area contributed by atoms with Gasteiger partial charge in [-0.05, 0) is 30.5 Å². The van der Waals surface area contributed by atoms with Crippen LogP contribution >= 0.6 is 0 Å². The predicted octanol–water partition coefficient (Wildman–Crippen LogP) is 4.77. The smallest absolute Gasteiger partial charge is 0.0621 e. The van der Waals surface area contributed by atoms with Crippen molar-refractivity contribution in [2.45, 2.75) is 38.8 Å². The first-order valence-electron chi connectivity index (χ1n) is 8.05. The summed E-state index contributed by atoms with van der Waals surface area (Å²) in [6.07, 6.45) is 3.98. The highest BCUT2D eigenvalue weighted by Crippen LogP contribution is 2.12. The second-order valence-electron chi connectivity index (χ2n) is 5.65. The van der Waals surface area contributed by atoms with Crippen molar-refractivity contribution in [3.8, 4) is 6.07 Å². The van der Waals surface area contributed by atoms with Crippen LogP contribution in [0.1, 0.15) is 36.8 Å². The lowest BCUT2D eigenvalue weighted by Crippen LogP contribution is -2.24. The first-order valence-corrected chi connectivity index (χ1v) is 8.05. The third-order valence-corrected chi connectivity index (χ3v) is 3.76. The molecular weight excluding hydrogens is 268 g/mol. The van der Waals surface area contributed by atoms with Gasteiger partial charge < -0.3 is 0 Å². The molecule has 114 valence electrons. The molecule has 0 aliphatic rings. The fourth-order valence-corrected chi connectivity index (χ4v) is 2.61. The number of nitrogens with zero attached hydrogens (tertiary/aromatic N) is 2. The molecule has 2 rings (SSSR count). The summed E-state index contributed by atoms with van der Waals surface area (Å²) in [5, 5.41) is 8.60. The predicted molar refractivity (Wildman–Crippen MR) is 91.1 cm³/mol. The zero-order valence-corrected chi connectivity index (χ0v) is 13.1. The van der Waals surface area contributed by atoms with E-state index in [-0.39, 0.29) is 0 Å². The van der Waals surface area contributed by atoms with E-state index in [1.54, 1.807) is 0 Å². The lowest BCUT2D eigenvalue weighted by Gasteiger charge is -2.22. The molecule has 0 saturated heterocycles. The van der Waals surface area contributed by atoms with Crippen molar-refractivity contribution < 1.29 is 0 Å². The minimum Gasteiger partial charge on any atom is -0.295 e. The summed E-state index contributed by atoms with van der Waals surface area (Å²) in [6, 6.07) is 23.5. The van der Waals surface area contributed by atoms with E-state index in [2.05, 4.69) is 71.6 Å². The maximum atomic E-state index is 8.60. The number of unbranched alkanes of at least 4 members (excludes halogenated alkanes) is 3. The fraction of sp³-hybridized carbons (Fsp3) is 0.350. The summed E-state index contributed by atoms with van der Waals surface area (Å²) < 4.78 is 0. The molecule has 2 nitrogen and oxygen atoms in total. The molecule has 0 bridgehead atoms. The van der Waals surface area contributed by atoms with Crippen LogP contribution in [0.15, 0.2) is 60.7 Å². The summed E-state index contributed by atoms with van der Waals surface area (Å²) >= 11 is 0. The summed E-state index contributed by atoms with van der Waals surface area (Å²) in [5.41, 5.74) is 2.71. The van der Waals surface area contributed by atoms with Crippen LogP contribution in [0.25, 0.3) is 0 Å². The van der Waals surface area contributed by atoms with Crippen LogP contribution in [-0.4, -0.2) is 11.4 Å². The Bertz CT molecular complexity index is 516. The van der Waals surface area contributed by atoms with Gasteiger partial charge in [0.15, 0.2) is 0 Å². The van der Waals surface area contributed by atoms with Crippen LogP contribution in [0.2, 0.25) is 0 Å². The van der Waals surface area contributed by atoms with Crippen LogP contribution < -0.4 is 0 Å². The van der Waals surface area contributed by atoms with Crippen molar-refractivity contribution in [1.29, 1.82) is 5.26 Å². The highest BCUT2D eigenvalue weighted by atomic mass is 15.1. The van der Waals surface area contributed by atoms with Gasteiger partial charge in [0.25, 0.3) is 0 Å². The average Bonchev–Trinajstić information content (AvgIpc) is 2.56. The Morgan fingerprint density at radius 2 is 1.27 bits per heavy atom. The molecule has 2 aromatic rings. The van der Waals surface area contributed by atoms with Crippen LogP contribution in [-0.2, 0) is 13.1 Å². The summed E-state index contributed by atoms with van der Waals surface area (Å²) in [5.74, 6) is 0. The van der Waals surface area contributed by atoms with Crippen molar-refractivity contribution in [1.82, 2.24) is 4.90 Å². The SMILES string of the molecule is N#CCCCCCN(Cc1ccccc1)Cc1ccccc1. The van der Waals surface area contributed by atoms with E-state index < -0.39 is 0 Å². The monoisotopic (exact) mass is 292 g/mol. The molecule has 0 aliphatic heterocycles. The molecule has 0 heterocycles. The normalized spacial score (nSPS) is 10.5. The van der Waals surface area contributed by atoms with Crippen molar-refractivity contribution in [2.75, 3.05) is 6.54 Å². The highest BCUT2D eigenvalue weighted by Gasteiger charge is 2.07. The third-order valence-electron chi connectivity index (χ3n) is 3.76. The lowest BCUT2D eigenvalue weighted by molar-refractivity contribution is 0.250. The second-order valence-corrected chi connectivity index (χ2v) is 5.65. The van der Waals surface area contributed by atoms with Crippen LogP contribution in [0, 0.1) is 11.3 Å². The highest BCUT2D eigenvalue weighted by molar-refractivity contribution is 5.17. The molecule has 2 aromatic carbocycles. The molecule has 2 heteroatoms. The van der Waals surface area contributed by atoms with Crippen LogP contribution in [0.4, 0.5) is 0 Å². The van der Waals surface area contributed by atoms with Gasteiger partial charge in [-0.2, -0.15) is 5.26 Å². The standard InChI is InChI=1S/C20H24N2/c21-15-9-1-2-10-16-22(17-19-11-5-3-6-12-19)18-20-13-7-4-8-14-20/h3-8,11-14H,1-2,9-10,16-18H2. The molecule has 0 unspecified atom stereocenters. The second kappa shape index (κ2) is 9.76. The van der Waals surface area contributed by atoms with Gasteiger partial charge in [0.05, 0.1) is 6.07 Å². The van der Waals surface area contributed by atoms with Gasteiger partial charge in [-0.3, -0.25) is 4.90 Å². The fourth-order valence-electron chi connectivity index (χ4n) is 2.61. The molecule has 0 fully saturated rings. The molecule has 0 atom stereocenters. The molecular formula is C20H24N2. The third kappa shape index (κ3) is 6.11. The Labute approximate surface area is 134 Å². The average molecular weight is 292 g/mol. The van der Waals surface area contributed by atoms with Gasteiger partial charge in [0.1, 0.15) is 0 Å². The van der Waals surface area contributed by atoms with E-state index in [9.17, 15) is 0 Å². The molecule has 0 N–H and O–H groups in total. The van der Waals surface area contributed by atoms with Crippen LogP contribution in [0.3, 0.4) is 0 Å². The van der Waals surface area contributed by atoms with Crippen molar-refractivity contribution in [3.63, 3.8) is 0 Å². The Balaban J connectivity index is 1.90. The van der Waals surface area contributed by atoms with E-state index in [0.29, 0.717) is 6.42 Å². The van der Waals surface area contributed by atoms with Gasteiger partial charge in [0, 0.05) is 19.5 Å². The van der Waals surface area contributed by atoms with Gasteiger partial charge in [-0.25, -0.2) is 0 Å². The summed E-state index contributed by atoms with van der Waals surface area (Å²) in [6.45, 7) is 3.04. The molecule has 0 aromatic heterocycles. The molecule has 22 heavy (non-hydrogen) atoms. The summed E-state index contributed by atoms with van der Waals surface area (Å²) in [7, 11) is 0. The van der Waals surface area contributed by atoms with Gasteiger partial charge >= 0.3 is 0 Å². The van der Waals surface area contributed by atoms with E-state index >= 15 is 0 Å². The first kappa shape index (κ1) is 16.3. The summed E-state index contributed by atoms with van der Waals surface area (Å²) in [4.78, 5) is 2.50. The zero-order chi connectivity index (χ0) is 15.5. The molecule has 0 spiro atoms. The first-order chi connectivity index (χ1) is 10.9.